The zero-order valence-electron chi connectivity index (χ0n) is 26.7. The first-order valence-electron chi connectivity index (χ1n) is 16.6. The quantitative estimate of drug-likeness (QED) is 0.187. The highest BCUT2D eigenvalue weighted by Gasteiger charge is 2.20. The fourth-order valence-electron chi connectivity index (χ4n) is 6.97. The number of hydrogen-bond donors (Lipinski definition) is 0. The second-order valence-electron chi connectivity index (χ2n) is 12.4. The summed E-state index contributed by atoms with van der Waals surface area (Å²) in [6, 6.07) is 55.7. The summed E-state index contributed by atoms with van der Waals surface area (Å²) < 4.78 is 12.7. The summed E-state index contributed by atoms with van der Waals surface area (Å²) in [6.07, 6.45) is 0. The van der Waals surface area contributed by atoms with Crippen molar-refractivity contribution in [1.82, 2.24) is 15.0 Å². The third-order valence-corrected chi connectivity index (χ3v) is 9.37. The minimum absolute atomic E-state index is 0.563. The van der Waals surface area contributed by atoms with E-state index in [1.54, 1.807) is 0 Å². The molecule has 0 saturated heterocycles. The van der Waals surface area contributed by atoms with E-state index in [1.165, 1.54) is 0 Å². The minimum atomic E-state index is 0.563. The van der Waals surface area contributed by atoms with Gasteiger partial charge in [0.25, 0.3) is 0 Å². The molecule has 0 fully saturated rings. The number of rotatable bonds is 5. The van der Waals surface area contributed by atoms with Crippen LogP contribution in [0.4, 0.5) is 0 Å². The molecule has 0 aliphatic rings. The lowest BCUT2D eigenvalue weighted by Crippen LogP contribution is -2.00. The molecule has 0 atom stereocenters. The summed E-state index contributed by atoms with van der Waals surface area (Å²) in [4.78, 5) is 15.4. The van der Waals surface area contributed by atoms with E-state index in [9.17, 15) is 0 Å². The second-order valence-corrected chi connectivity index (χ2v) is 12.4. The highest BCUT2D eigenvalue weighted by molar-refractivity contribution is 6.17. The Morgan fingerprint density at radius 1 is 0.300 bits per heavy atom. The lowest BCUT2D eigenvalue weighted by molar-refractivity contribution is 0.668. The zero-order valence-corrected chi connectivity index (χ0v) is 26.7. The maximum atomic E-state index is 6.46. The minimum Gasteiger partial charge on any atom is -0.456 e. The van der Waals surface area contributed by atoms with Crippen LogP contribution in [0.5, 0.6) is 0 Å². The average Bonchev–Trinajstić information content (AvgIpc) is 3.77. The van der Waals surface area contributed by atoms with Crippen LogP contribution in [0.3, 0.4) is 0 Å². The molecular formula is C45H27N3O2. The van der Waals surface area contributed by atoms with Gasteiger partial charge < -0.3 is 8.83 Å². The van der Waals surface area contributed by atoms with Crippen LogP contribution in [0.1, 0.15) is 0 Å². The van der Waals surface area contributed by atoms with Gasteiger partial charge in [-0.15, -0.1) is 0 Å². The number of nitrogens with zero attached hydrogens (tertiary/aromatic N) is 3. The van der Waals surface area contributed by atoms with E-state index in [2.05, 4.69) is 103 Å². The lowest BCUT2D eigenvalue weighted by Gasteiger charge is -2.10. The third kappa shape index (κ3) is 4.67. The van der Waals surface area contributed by atoms with E-state index >= 15 is 0 Å². The first-order chi connectivity index (χ1) is 24.8. The highest BCUT2D eigenvalue weighted by Crippen LogP contribution is 2.41. The van der Waals surface area contributed by atoms with Crippen LogP contribution in [0.25, 0.3) is 100 Å². The molecule has 0 aliphatic carbocycles. The maximum absolute atomic E-state index is 6.46. The summed E-state index contributed by atoms with van der Waals surface area (Å²) in [7, 11) is 0. The first kappa shape index (κ1) is 28.2. The van der Waals surface area contributed by atoms with Gasteiger partial charge >= 0.3 is 0 Å². The van der Waals surface area contributed by atoms with Crippen LogP contribution in [-0.2, 0) is 0 Å². The summed E-state index contributed by atoms with van der Waals surface area (Å²) in [5.74, 6) is 1.72. The number of aromatic nitrogens is 3. The van der Waals surface area contributed by atoms with Gasteiger partial charge in [-0.05, 0) is 52.6 Å². The largest absolute Gasteiger partial charge is 0.456 e. The molecule has 10 rings (SSSR count). The van der Waals surface area contributed by atoms with Gasteiger partial charge in [0, 0.05) is 38.2 Å². The molecule has 7 aromatic carbocycles. The predicted molar refractivity (Wildman–Crippen MR) is 202 cm³/mol. The smallest absolute Gasteiger partial charge is 0.164 e. The number of furan rings is 2. The van der Waals surface area contributed by atoms with Crippen molar-refractivity contribution in [2.24, 2.45) is 0 Å². The van der Waals surface area contributed by atoms with Crippen LogP contribution in [0.2, 0.25) is 0 Å². The van der Waals surface area contributed by atoms with Crippen molar-refractivity contribution in [3.63, 3.8) is 0 Å². The van der Waals surface area contributed by atoms with Gasteiger partial charge in [0.05, 0.1) is 0 Å². The van der Waals surface area contributed by atoms with Gasteiger partial charge in [-0.3, -0.25) is 0 Å². The Morgan fingerprint density at radius 2 is 0.800 bits per heavy atom. The maximum Gasteiger partial charge on any atom is 0.164 e. The standard InChI is InChI=1S/C45H27N3O2/c1-3-11-28(12-4-1)29-21-23-31(24-22-29)43-46-44(32-25-26-35-34-15-7-8-18-37(34)49-40(35)27-32)48-45(47-43)36-17-10-20-39-42(36)41-33(16-9-19-38(41)50-39)30-13-5-2-6-14-30/h1-27H. The summed E-state index contributed by atoms with van der Waals surface area (Å²) in [5.41, 5.74) is 10.3. The molecule has 0 bridgehead atoms. The molecule has 50 heavy (non-hydrogen) atoms. The Hall–Kier alpha value is -6.85. The molecule has 0 saturated carbocycles. The first-order valence-corrected chi connectivity index (χ1v) is 16.6. The highest BCUT2D eigenvalue weighted by atomic mass is 16.3. The third-order valence-electron chi connectivity index (χ3n) is 9.37. The molecule has 0 amide bonds. The zero-order chi connectivity index (χ0) is 33.0. The molecule has 3 heterocycles. The average molecular weight is 642 g/mol. The summed E-state index contributed by atoms with van der Waals surface area (Å²) in [5, 5.41) is 4.14. The van der Waals surface area contributed by atoms with Crippen LogP contribution in [0.15, 0.2) is 173 Å². The molecule has 5 heteroatoms. The van der Waals surface area contributed by atoms with Gasteiger partial charge in [0.1, 0.15) is 22.3 Å². The molecule has 5 nitrogen and oxygen atoms in total. The molecule has 0 radical (unpaired) electrons. The van der Waals surface area contributed by atoms with Crippen LogP contribution >= 0.6 is 0 Å². The second kappa shape index (κ2) is 11.4. The Labute approximate surface area is 287 Å². The SMILES string of the molecule is c1ccc(-c2ccc(-c3nc(-c4ccc5c(c4)oc4ccccc45)nc(-c4cccc5oc6cccc(-c7ccccc7)c6c45)n3)cc2)cc1. The molecule has 0 aliphatic heterocycles. The number of hydrogen-bond acceptors (Lipinski definition) is 5. The van der Waals surface area contributed by atoms with E-state index in [0.29, 0.717) is 17.5 Å². The Morgan fingerprint density at radius 3 is 1.56 bits per heavy atom. The Kier molecular flexibility index (Phi) is 6.42. The van der Waals surface area contributed by atoms with Crippen LogP contribution in [-0.4, -0.2) is 15.0 Å². The monoisotopic (exact) mass is 641 g/mol. The molecule has 234 valence electrons. The van der Waals surface area contributed by atoms with E-state index < -0.39 is 0 Å². The van der Waals surface area contributed by atoms with Gasteiger partial charge in [-0.1, -0.05) is 133 Å². The van der Waals surface area contributed by atoms with Crippen molar-refractivity contribution in [2.75, 3.05) is 0 Å². The van der Waals surface area contributed by atoms with Gasteiger partial charge in [-0.2, -0.15) is 0 Å². The van der Waals surface area contributed by atoms with E-state index in [0.717, 1.165) is 82.8 Å². The van der Waals surface area contributed by atoms with E-state index in [1.807, 2.05) is 60.7 Å². The molecule has 0 spiro atoms. The topological polar surface area (TPSA) is 65.0 Å². The van der Waals surface area contributed by atoms with Crippen LogP contribution < -0.4 is 0 Å². The summed E-state index contributed by atoms with van der Waals surface area (Å²) in [6.45, 7) is 0. The molecule has 3 aromatic heterocycles. The lowest BCUT2D eigenvalue weighted by atomic mass is 9.97. The fraction of sp³-hybridized carbons (Fsp3) is 0. The molecular weight excluding hydrogens is 615 g/mol. The number of para-hydroxylation sites is 1. The Balaban J connectivity index is 1.20. The van der Waals surface area contributed by atoms with Crippen molar-refractivity contribution in [1.29, 1.82) is 0 Å². The van der Waals surface area contributed by atoms with Crippen molar-refractivity contribution < 1.29 is 8.83 Å². The van der Waals surface area contributed by atoms with E-state index in [4.69, 9.17) is 23.8 Å². The van der Waals surface area contributed by atoms with Crippen molar-refractivity contribution >= 4 is 43.9 Å². The predicted octanol–water partition coefficient (Wildman–Crippen LogP) is 12.0. The van der Waals surface area contributed by atoms with Crippen molar-refractivity contribution in [3.8, 4) is 56.4 Å². The number of fused-ring (bicyclic) bond motifs is 6. The summed E-state index contributed by atoms with van der Waals surface area (Å²) >= 11 is 0. The fourth-order valence-corrected chi connectivity index (χ4v) is 6.97. The molecule has 0 N–H and O–H groups in total. The van der Waals surface area contributed by atoms with Gasteiger partial charge in [0.15, 0.2) is 17.5 Å². The Bertz CT molecular complexity index is 2850. The van der Waals surface area contributed by atoms with Crippen molar-refractivity contribution in [3.05, 3.63) is 164 Å². The van der Waals surface area contributed by atoms with Crippen molar-refractivity contribution in [2.45, 2.75) is 0 Å². The van der Waals surface area contributed by atoms with Gasteiger partial charge in [0.2, 0.25) is 0 Å². The van der Waals surface area contributed by atoms with E-state index in [-0.39, 0.29) is 0 Å². The van der Waals surface area contributed by atoms with Gasteiger partial charge in [-0.25, -0.2) is 15.0 Å². The molecule has 0 unspecified atom stereocenters. The van der Waals surface area contributed by atoms with Crippen LogP contribution in [0, 0.1) is 0 Å². The molecule has 10 aromatic rings. The normalized spacial score (nSPS) is 11.6. The number of benzene rings is 7.